The van der Waals surface area contributed by atoms with Crippen molar-refractivity contribution in [2.24, 2.45) is 0 Å². The number of fused-ring (bicyclic) bond motifs is 1. The summed E-state index contributed by atoms with van der Waals surface area (Å²) in [4.78, 5) is 0. The van der Waals surface area contributed by atoms with Crippen LogP contribution in [0.3, 0.4) is 0 Å². The highest BCUT2D eigenvalue weighted by molar-refractivity contribution is 5.91. The van der Waals surface area contributed by atoms with Crippen molar-refractivity contribution in [3.05, 3.63) is 65.4 Å². The number of benzene rings is 2. The van der Waals surface area contributed by atoms with Gasteiger partial charge in [0.25, 0.3) is 0 Å². The van der Waals surface area contributed by atoms with Crippen molar-refractivity contribution in [2.75, 3.05) is 5.73 Å². The van der Waals surface area contributed by atoms with Crippen LogP contribution in [0.1, 0.15) is 16.7 Å². The monoisotopic (exact) mass is 250 g/mol. The number of hydrogen-bond acceptors (Lipinski definition) is 1. The molecule has 0 saturated carbocycles. The number of nitrogens with zero attached hydrogens (tertiary/aromatic N) is 1. The summed E-state index contributed by atoms with van der Waals surface area (Å²) >= 11 is 0. The molecule has 0 saturated heterocycles. The number of anilines is 1. The van der Waals surface area contributed by atoms with Gasteiger partial charge in [-0.1, -0.05) is 29.8 Å². The van der Waals surface area contributed by atoms with E-state index in [1.54, 1.807) is 0 Å². The summed E-state index contributed by atoms with van der Waals surface area (Å²) in [6.07, 6.45) is 2.11. The number of aryl methyl sites for hydroxylation is 2. The Morgan fingerprint density at radius 3 is 2.74 bits per heavy atom. The third-order valence-corrected chi connectivity index (χ3v) is 3.69. The summed E-state index contributed by atoms with van der Waals surface area (Å²) in [6, 6.07) is 14.8. The molecule has 1 heterocycles. The summed E-state index contributed by atoms with van der Waals surface area (Å²) in [5.41, 5.74) is 12.0. The van der Waals surface area contributed by atoms with Gasteiger partial charge < -0.3 is 10.3 Å². The predicted octanol–water partition coefficient (Wildman–Crippen LogP) is 3.89. The van der Waals surface area contributed by atoms with Crippen LogP contribution in [-0.2, 0) is 6.54 Å². The Bertz CT molecular complexity index is 738. The number of hydrogen-bond donors (Lipinski definition) is 1. The molecule has 19 heavy (non-hydrogen) atoms. The molecule has 3 rings (SSSR count). The molecule has 0 radical (unpaired) electrons. The van der Waals surface area contributed by atoms with E-state index < -0.39 is 0 Å². The number of nitrogens with two attached hydrogens (primary N) is 1. The molecule has 3 aromatic rings. The van der Waals surface area contributed by atoms with E-state index in [0.29, 0.717) is 0 Å². The minimum atomic E-state index is 0.845. The molecule has 0 spiro atoms. The van der Waals surface area contributed by atoms with Gasteiger partial charge in [0.15, 0.2) is 0 Å². The Morgan fingerprint density at radius 1 is 1.05 bits per heavy atom. The zero-order chi connectivity index (χ0) is 13.4. The van der Waals surface area contributed by atoms with Crippen LogP contribution in [0.25, 0.3) is 10.9 Å². The SMILES string of the molecule is Cc1ccc(C)c(Cn2ccc3c(N)cccc32)c1. The van der Waals surface area contributed by atoms with E-state index in [1.807, 2.05) is 12.1 Å². The van der Waals surface area contributed by atoms with Gasteiger partial charge in [-0.3, -0.25) is 0 Å². The lowest BCUT2D eigenvalue weighted by Gasteiger charge is -2.10. The van der Waals surface area contributed by atoms with E-state index in [-0.39, 0.29) is 0 Å². The van der Waals surface area contributed by atoms with Crippen molar-refractivity contribution in [2.45, 2.75) is 20.4 Å². The highest BCUT2D eigenvalue weighted by Crippen LogP contribution is 2.23. The Morgan fingerprint density at radius 2 is 1.89 bits per heavy atom. The molecule has 2 N–H and O–H groups in total. The molecule has 2 aromatic carbocycles. The molecule has 2 nitrogen and oxygen atoms in total. The van der Waals surface area contributed by atoms with E-state index >= 15 is 0 Å². The molecule has 0 aliphatic heterocycles. The topological polar surface area (TPSA) is 30.9 Å². The van der Waals surface area contributed by atoms with Crippen LogP contribution in [0, 0.1) is 13.8 Å². The lowest BCUT2D eigenvalue weighted by Crippen LogP contribution is -2.00. The standard InChI is InChI=1S/C17H18N2/c1-12-6-7-13(2)14(10-12)11-19-9-8-15-16(18)4-3-5-17(15)19/h3-10H,11,18H2,1-2H3. The highest BCUT2D eigenvalue weighted by Gasteiger charge is 2.05. The number of aromatic nitrogens is 1. The second-order valence-electron chi connectivity index (χ2n) is 5.15. The average Bonchev–Trinajstić information content (AvgIpc) is 2.79. The van der Waals surface area contributed by atoms with Crippen LogP contribution in [0.15, 0.2) is 48.7 Å². The summed E-state index contributed by atoms with van der Waals surface area (Å²) in [7, 11) is 0. The molecule has 0 bridgehead atoms. The van der Waals surface area contributed by atoms with Gasteiger partial charge in [-0.25, -0.2) is 0 Å². The molecule has 0 unspecified atom stereocenters. The smallest absolute Gasteiger partial charge is 0.0504 e. The molecule has 0 fully saturated rings. The molecule has 0 amide bonds. The maximum atomic E-state index is 6.00. The van der Waals surface area contributed by atoms with E-state index in [2.05, 4.69) is 54.9 Å². The van der Waals surface area contributed by atoms with E-state index in [9.17, 15) is 0 Å². The highest BCUT2D eigenvalue weighted by atomic mass is 15.0. The van der Waals surface area contributed by atoms with E-state index in [1.165, 1.54) is 22.2 Å². The first-order valence-corrected chi connectivity index (χ1v) is 6.54. The summed E-state index contributed by atoms with van der Waals surface area (Å²) < 4.78 is 2.26. The second kappa shape index (κ2) is 4.47. The largest absolute Gasteiger partial charge is 0.398 e. The van der Waals surface area contributed by atoms with Gasteiger partial charge in [0, 0.05) is 23.8 Å². The van der Waals surface area contributed by atoms with Crippen molar-refractivity contribution in [1.29, 1.82) is 0 Å². The van der Waals surface area contributed by atoms with Gasteiger partial charge >= 0.3 is 0 Å². The minimum Gasteiger partial charge on any atom is -0.398 e. The summed E-state index contributed by atoms with van der Waals surface area (Å²) in [5, 5.41) is 1.13. The Hall–Kier alpha value is -2.22. The Labute approximate surface area is 113 Å². The van der Waals surface area contributed by atoms with Crippen molar-refractivity contribution < 1.29 is 0 Å². The first-order chi connectivity index (χ1) is 9.15. The summed E-state index contributed by atoms with van der Waals surface area (Å²) in [5.74, 6) is 0. The predicted molar refractivity (Wildman–Crippen MR) is 81.4 cm³/mol. The van der Waals surface area contributed by atoms with Gasteiger partial charge in [-0.05, 0) is 43.2 Å². The molecule has 96 valence electrons. The quantitative estimate of drug-likeness (QED) is 0.687. The van der Waals surface area contributed by atoms with Crippen LogP contribution < -0.4 is 5.73 Å². The van der Waals surface area contributed by atoms with Gasteiger partial charge in [-0.15, -0.1) is 0 Å². The van der Waals surface area contributed by atoms with Crippen molar-refractivity contribution in [1.82, 2.24) is 4.57 Å². The molecular weight excluding hydrogens is 232 g/mol. The maximum absolute atomic E-state index is 6.00. The third kappa shape index (κ3) is 2.10. The normalized spacial score (nSPS) is 11.1. The zero-order valence-electron chi connectivity index (χ0n) is 11.4. The average molecular weight is 250 g/mol. The fourth-order valence-electron chi connectivity index (χ4n) is 2.54. The molecular formula is C17H18N2. The van der Waals surface area contributed by atoms with Crippen LogP contribution in [0.5, 0.6) is 0 Å². The Balaban J connectivity index is 2.06. The molecule has 0 aliphatic rings. The molecule has 0 aliphatic carbocycles. The fourth-order valence-corrected chi connectivity index (χ4v) is 2.54. The molecule has 2 heteroatoms. The molecule has 1 aromatic heterocycles. The zero-order valence-corrected chi connectivity index (χ0v) is 11.4. The number of rotatable bonds is 2. The van der Waals surface area contributed by atoms with E-state index in [4.69, 9.17) is 5.73 Å². The van der Waals surface area contributed by atoms with Crippen molar-refractivity contribution >= 4 is 16.6 Å². The van der Waals surface area contributed by atoms with Gasteiger partial charge in [0.2, 0.25) is 0 Å². The molecule has 0 atom stereocenters. The first kappa shape index (κ1) is 11.8. The minimum absolute atomic E-state index is 0.845. The lowest BCUT2D eigenvalue weighted by molar-refractivity contribution is 0.829. The third-order valence-electron chi connectivity index (χ3n) is 3.69. The Kier molecular flexibility index (Phi) is 2.79. The van der Waals surface area contributed by atoms with Gasteiger partial charge in [-0.2, -0.15) is 0 Å². The second-order valence-corrected chi connectivity index (χ2v) is 5.15. The van der Waals surface area contributed by atoms with Crippen LogP contribution in [-0.4, -0.2) is 4.57 Å². The lowest BCUT2D eigenvalue weighted by atomic mass is 10.1. The fraction of sp³-hybridized carbons (Fsp3) is 0.176. The van der Waals surface area contributed by atoms with E-state index in [0.717, 1.165) is 17.6 Å². The van der Waals surface area contributed by atoms with Gasteiger partial charge in [0.05, 0.1) is 5.52 Å². The van der Waals surface area contributed by atoms with Crippen LogP contribution in [0.4, 0.5) is 5.69 Å². The van der Waals surface area contributed by atoms with Crippen molar-refractivity contribution in [3.8, 4) is 0 Å². The number of nitrogen functional groups attached to an aromatic ring is 1. The summed E-state index contributed by atoms with van der Waals surface area (Å²) in [6.45, 7) is 5.18. The van der Waals surface area contributed by atoms with Crippen LogP contribution >= 0.6 is 0 Å². The van der Waals surface area contributed by atoms with Crippen LogP contribution in [0.2, 0.25) is 0 Å². The van der Waals surface area contributed by atoms with Gasteiger partial charge in [0.1, 0.15) is 0 Å². The maximum Gasteiger partial charge on any atom is 0.0504 e. The first-order valence-electron chi connectivity index (χ1n) is 6.54. The van der Waals surface area contributed by atoms with Crippen molar-refractivity contribution in [3.63, 3.8) is 0 Å².